The molecule has 32 heavy (non-hydrogen) atoms. The van der Waals surface area contributed by atoms with E-state index in [0.717, 1.165) is 24.0 Å². The molecule has 0 aliphatic rings. The Morgan fingerprint density at radius 3 is 2.47 bits per heavy atom. The number of methoxy groups -OCH3 is 1. The molecule has 0 saturated heterocycles. The van der Waals surface area contributed by atoms with E-state index in [1.54, 1.807) is 13.2 Å². The molecule has 166 valence electrons. The largest absolute Gasteiger partial charge is 0.493 e. The fraction of sp³-hybridized carbons (Fsp3) is 0.222. The number of hydrogen-bond acceptors (Lipinski definition) is 4. The van der Waals surface area contributed by atoms with Gasteiger partial charge in [-0.1, -0.05) is 61.9 Å². The van der Waals surface area contributed by atoms with Crippen LogP contribution in [0.15, 0.2) is 78.9 Å². The molecule has 0 aliphatic carbocycles. The highest BCUT2D eigenvalue weighted by Crippen LogP contribution is 2.29. The van der Waals surface area contributed by atoms with Gasteiger partial charge in [0.15, 0.2) is 11.5 Å². The molecule has 0 spiro atoms. The zero-order chi connectivity index (χ0) is 22.6. The number of unbranched alkanes of at least 4 members (excludes halogenated alkanes) is 1. The van der Waals surface area contributed by atoms with Crippen molar-refractivity contribution >= 4 is 17.7 Å². The summed E-state index contributed by atoms with van der Waals surface area (Å²) in [4.78, 5) is 12.4. The normalized spacial score (nSPS) is 10.7. The quantitative estimate of drug-likeness (QED) is 0.294. The molecule has 0 bridgehead atoms. The van der Waals surface area contributed by atoms with Crippen LogP contribution in [0.5, 0.6) is 17.2 Å². The maximum atomic E-state index is 12.4. The second kappa shape index (κ2) is 12.2. The number of amides is 1. The first-order valence-corrected chi connectivity index (χ1v) is 10.7. The van der Waals surface area contributed by atoms with Gasteiger partial charge in [0.2, 0.25) is 5.91 Å². The fourth-order valence-electron chi connectivity index (χ4n) is 3.01. The standard InChI is InChI=1S/C27H29NO4/c1-3-4-18-31-24-13-9-8-12-23(24)28-27(29)17-15-21-14-16-25(26(19-21)30-2)32-20-22-10-6-5-7-11-22/h5-17,19H,3-4,18,20H2,1-2H3,(H,28,29). The summed E-state index contributed by atoms with van der Waals surface area (Å²) in [6.07, 6.45) is 5.24. The minimum absolute atomic E-state index is 0.236. The number of nitrogens with one attached hydrogen (secondary N) is 1. The number of benzene rings is 3. The molecular weight excluding hydrogens is 402 g/mol. The van der Waals surface area contributed by atoms with Gasteiger partial charge in [-0.2, -0.15) is 0 Å². The van der Waals surface area contributed by atoms with E-state index in [0.29, 0.717) is 36.1 Å². The van der Waals surface area contributed by atoms with Crippen molar-refractivity contribution in [3.8, 4) is 17.2 Å². The second-order valence-corrected chi connectivity index (χ2v) is 7.21. The van der Waals surface area contributed by atoms with E-state index < -0.39 is 0 Å². The van der Waals surface area contributed by atoms with Crippen molar-refractivity contribution in [1.29, 1.82) is 0 Å². The van der Waals surface area contributed by atoms with Crippen molar-refractivity contribution in [1.82, 2.24) is 0 Å². The van der Waals surface area contributed by atoms with Crippen LogP contribution in [0.2, 0.25) is 0 Å². The molecule has 0 saturated carbocycles. The average Bonchev–Trinajstić information content (AvgIpc) is 2.83. The van der Waals surface area contributed by atoms with Gasteiger partial charge in [0.05, 0.1) is 19.4 Å². The molecule has 0 heterocycles. The predicted octanol–water partition coefficient (Wildman–Crippen LogP) is 6.11. The van der Waals surface area contributed by atoms with Gasteiger partial charge in [0.25, 0.3) is 0 Å². The average molecular weight is 432 g/mol. The molecule has 3 aromatic rings. The van der Waals surface area contributed by atoms with Crippen LogP contribution < -0.4 is 19.5 Å². The maximum absolute atomic E-state index is 12.4. The molecule has 0 fully saturated rings. The first-order chi connectivity index (χ1) is 15.7. The van der Waals surface area contributed by atoms with Crippen molar-refractivity contribution in [3.63, 3.8) is 0 Å². The number of carbonyl (C=O) groups excluding carboxylic acids is 1. The number of carbonyl (C=O) groups is 1. The molecule has 3 rings (SSSR count). The maximum Gasteiger partial charge on any atom is 0.248 e. The van der Waals surface area contributed by atoms with Crippen molar-refractivity contribution in [2.24, 2.45) is 0 Å². The number of rotatable bonds is 11. The van der Waals surface area contributed by atoms with Gasteiger partial charge in [-0.3, -0.25) is 4.79 Å². The van der Waals surface area contributed by atoms with Crippen LogP contribution in [0.1, 0.15) is 30.9 Å². The molecule has 5 nitrogen and oxygen atoms in total. The Hall–Kier alpha value is -3.73. The van der Waals surface area contributed by atoms with E-state index in [9.17, 15) is 4.79 Å². The van der Waals surface area contributed by atoms with Gasteiger partial charge in [0.1, 0.15) is 12.4 Å². The molecule has 1 N–H and O–H groups in total. The first-order valence-electron chi connectivity index (χ1n) is 10.7. The molecule has 0 atom stereocenters. The molecule has 0 radical (unpaired) electrons. The van der Waals surface area contributed by atoms with Gasteiger partial charge in [0, 0.05) is 6.08 Å². The molecular formula is C27H29NO4. The number of ether oxygens (including phenoxy) is 3. The molecule has 0 unspecified atom stereocenters. The van der Waals surface area contributed by atoms with Gasteiger partial charge >= 0.3 is 0 Å². The smallest absolute Gasteiger partial charge is 0.248 e. The van der Waals surface area contributed by atoms with Crippen molar-refractivity contribution in [3.05, 3.63) is 90.0 Å². The second-order valence-electron chi connectivity index (χ2n) is 7.21. The molecule has 0 aliphatic heterocycles. The van der Waals surface area contributed by atoms with Gasteiger partial charge in [-0.05, 0) is 47.9 Å². The van der Waals surface area contributed by atoms with Gasteiger partial charge in [-0.15, -0.1) is 0 Å². The summed E-state index contributed by atoms with van der Waals surface area (Å²) in [5, 5.41) is 2.88. The van der Waals surface area contributed by atoms with Crippen LogP contribution in [0, 0.1) is 0 Å². The Morgan fingerprint density at radius 2 is 1.69 bits per heavy atom. The van der Waals surface area contributed by atoms with E-state index in [-0.39, 0.29) is 5.91 Å². The minimum Gasteiger partial charge on any atom is -0.493 e. The molecule has 1 amide bonds. The highest BCUT2D eigenvalue weighted by molar-refractivity contribution is 6.02. The number of para-hydroxylation sites is 2. The SMILES string of the molecule is CCCCOc1ccccc1NC(=O)C=Cc1ccc(OCc2ccccc2)c(OC)c1. The summed E-state index contributed by atoms with van der Waals surface area (Å²) in [6.45, 7) is 3.19. The highest BCUT2D eigenvalue weighted by Gasteiger charge is 2.07. The van der Waals surface area contributed by atoms with E-state index in [2.05, 4.69) is 12.2 Å². The third kappa shape index (κ3) is 6.91. The van der Waals surface area contributed by atoms with E-state index in [4.69, 9.17) is 14.2 Å². The number of hydrogen-bond donors (Lipinski definition) is 1. The van der Waals surface area contributed by atoms with Crippen LogP contribution >= 0.6 is 0 Å². The predicted molar refractivity (Wildman–Crippen MR) is 128 cm³/mol. The number of anilines is 1. The van der Waals surface area contributed by atoms with Crippen LogP contribution in [0.3, 0.4) is 0 Å². The first kappa shape index (κ1) is 22.9. The monoisotopic (exact) mass is 431 g/mol. The van der Waals surface area contributed by atoms with E-state index >= 15 is 0 Å². The third-order valence-electron chi connectivity index (χ3n) is 4.75. The van der Waals surface area contributed by atoms with E-state index in [1.807, 2.05) is 72.8 Å². The van der Waals surface area contributed by atoms with Gasteiger partial charge in [-0.25, -0.2) is 0 Å². The highest BCUT2D eigenvalue weighted by atomic mass is 16.5. The lowest BCUT2D eigenvalue weighted by atomic mass is 10.2. The summed E-state index contributed by atoms with van der Waals surface area (Å²) in [7, 11) is 1.60. The molecule has 0 aromatic heterocycles. The summed E-state index contributed by atoms with van der Waals surface area (Å²) in [5.41, 5.74) is 2.56. The lowest BCUT2D eigenvalue weighted by Gasteiger charge is -2.12. The topological polar surface area (TPSA) is 56.8 Å². The minimum atomic E-state index is -0.236. The molecule has 5 heteroatoms. The zero-order valence-electron chi connectivity index (χ0n) is 18.5. The van der Waals surface area contributed by atoms with Crippen molar-refractivity contribution in [2.75, 3.05) is 19.0 Å². The van der Waals surface area contributed by atoms with E-state index in [1.165, 1.54) is 6.08 Å². The summed E-state index contributed by atoms with van der Waals surface area (Å²) in [5.74, 6) is 1.69. The van der Waals surface area contributed by atoms with Crippen LogP contribution in [-0.2, 0) is 11.4 Å². The van der Waals surface area contributed by atoms with Gasteiger partial charge < -0.3 is 19.5 Å². The fourth-order valence-corrected chi connectivity index (χ4v) is 3.01. The Morgan fingerprint density at radius 1 is 0.906 bits per heavy atom. The van der Waals surface area contributed by atoms with Crippen molar-refractivity contribution in [2.45, 2.75) is 26.4 Å². The molecule has 3 aromatic carbocycles. The Balaban J connectivity index is 1.61. The Kier molecular flexibility index (Phi) is 8.75. The van der Waals surface area contributed by atoms with Crippen LogP contribution in [0.25, 0.3) is 6.08 Å². The van der Waals surface area contributed by atoms with Crippen LogP contribution in [-0.4, -0.2) is 19.6 Å². The summed E-state index contributed by atoms with van der Waals surface area (Å²) >= 11 is 0. The summed E-state index contributed by atoms with van der Waals surface area (Å²) < 4.78 is 17.1. The lowest BCUT2D eigenvalue weighted by Crippen LogP contribution is -2.09. The third-order valence-corrected chi connectivity index (χ3v) is 4.75. The summed E-state index contributed by atoms with van der Waals surface area (Å²) in [6, 6.07) is 22.9. The zero-order valence-corrected chi connectivity index (χ0v) is 18.5. The Bertz CT molecular complexity index is 1030. The lowest BCUT2D eigenvalue weighted by molar-refractivity contribution is -0.111. The van der Waals surface area contributed by atoms with Crippen molar-refractivity contribution < 1.29 is 19.0 Å². The Labute approximate surface area is 189 Å². The van der Waals surface area contributed by atoms with Crippen LogP contribution in [0.4, 0.5) is 5.69 Å².